The number of carbonyl (C=O) groups is 2. The summed E-state index contributed by atoms with van der Waals surface area (Å²) in [6.07, 6.45) is 4.37. The topological polar surface area (TPSA) is 75.6 Å². The molecule has 0 spiro atoms. The molecule has 0 fully saturated rings. The molecule has 1 rings (SSSR count). The first-order valence-electron chi connectivity index (χ1n) is 6.49. The first-order chi connectivity index (χ1) is 9.71. The van der Waals surface area contributed by atoms with E-state index in [0.717, 1.165) is 0 Å². The Bertz CT molecular complexity index is 549. The molecule has 0 aromatic heterocycles. The number of carbonyl (C=O) groups excluding carboxylic acids is 1. The molecule has 0 aliphatic heterocycles. The maximum absolute atomic E-state index is 11.8. The maximum atomic E-state index is 11.8. The number of amides is 1. The average Bonchev–Trinajstić information content (AvgIpc) is 2.35. The second-order valence-electron chi connectivity index (χ2n) is 5.56. The van der Waals surface area contributed by atoms with Gasteiger partial charge in [0.25, 0.3) is 0 Å². The van der Waals surface area contributed by atoms with E-state index in [1.165, 1.54) is 0 Å². The first-order valence-corrected chi connectivity index (χ1v) is 6.49. The van der Waals surface area contributed by atoms with E-state index in [1.54, 1.807) is 45.0 Å². The van der Waals surface area contributed by atoms with Gasteiger partial charge in [0.1, 0.15) is 5.60 Å². The molecule has 0 saturated carbocycles. The Balaban J connectivity index is 2.87. The van der Waals surface area contributed by atoms with Gasteiger partial charge in [-0.1, -0.05) is 18.1 Å². The Labute approximate surface area is 124 Å². The van der Waals surface area contributed by atoms with Crippen LogP contribution in [0.3, 0.4) is 0 Å². The van der Waals surface area contributed by atoms with E-state index in [1.807, 2.05) is 0 Å². The van der Waals surface area contributed by atoms with Crippen LogP contribution in [0.2, 0.25) is 0 Å². The summed E-state index contributed by atoms with van der Waals surface area (Å²) in [7, 11) is 0. The number of carboxylic acids is 1. The number of carboxylic acid groups (broad SMARTS) is 1. The van der Waals surface area contributed by atoms with E-state index in [4.69, 9.17) is 16.3 Å². The number of ether oxygens (including phenoxy) is 1. The molecule has 1 amide bonds. The van der Waals surface area contributed by atoms with E-state index in [9.17, 15) is 9.59 Å². The van der Waals surface area contributed by atoms with Crippen LogP contribution in [0, 0.1) is 12.3 Å². The fraction of sp³-hybridized carbons (Fsp3) is 0.375. The van der Waals surface area contributed by atoms with Crippen molar-refractivity contribution < 1.29 is 19.4 Å². The van der Waals surface area contributed by atoms with E-state index < -0.39 is 23.7 Å². The van der Waals surface area contributed by atoms with Crippen molar-refractivity contribution in [2.45, 2.75) is 38.8 Å². The molecule has 2 N–H and O–H groups in total. The van der Waals surface area contributed by atoms with Crippen molar-refractivity contribution >= 4 is 12.1 Å². The minimum Gasteiger partial charge on any atom is -0.481 e. The molecular formula is C16H19NO4. The van der Waals surface area contributed by atoms with Crippen LogP contribution in [0.15, 0.2) is 24.3 Å². The van der Waals surface area contributed by atoms with Crippen molar-refractivity contribution in [2.75, 3.05) is 0 Å². The summed E-state index contributed by atoms with van der Waals surface area (Å²) < 4.78 is 5.14. The zero-order chi connectivity index (χ0) is 16.0. The van der Waals surface area contributed by atoms with Crippen molar-refractivity contribution in [1.82, 2.24) is 5.32 Å². The maximum Gasteiger partial charge on any atom is 0.408 e. The van der Waals surface area contributed by atoms with Gasteiger partial charge < -0.3 is 15.2 Å². The van der Waals surface area contributed by atoms with Crippen LogP contribution in [-0.4, -0.2) is 22.8 Å². The summed E-state index contributed by atoms with van der Waals surface area (Å²) in [5.41, 5.74) is 0.693. The van der Waals surface area contributed by atoms with Crippen molar-refractivity contribution in [3.63, 3.8) is 0 Å². The first kappa shape index (κ1) is 16.6. The Morgan fingerprint density at radius 3 is 2.33 bits per heavy atom. The van der Waals surface area contributed by atoms with E-state index >= 15 is 0 Å². The van der Waals surface area contributed by atoms with Gasteiger partial charge >= 0.3 is 12.1 Å². The van der Waals surface area contributed by atoms with Crippen LogP contribution in [0.5, 0.6) is 0 Å². The lowest BCUT2D eigenvalue weighted by atomic mass is 10.0. The number of alkyl carbamates (subject to hydrolysis) is 1. The normalized spacial score (nSPS) is 12.1. The van der Waals surface area contributed by atoms with Crippen LogP contribution < -0.4 is 5.32 Å². The Morgan fingerprint density at radius 2 is 1.90 bits per heavy atom. The predicted molar refractivity (Wildman–Crippen MR) is 78.7 cm³/mol. The molecule has 0 saturated heterocycles. The number of benzene rings is 1. The summed E-state index contributed by atoms with van der Waals surface area (Å²) in [4.78, 5) is 22.7. The van der Waals surface area contributed by atoms with Crippen molar-refractivity contribution in [1.29, 1.82) is 0 Å². The quantitative estimate of drug-likeness (QED) is 0.836. The van der Waals surface area contributed by atoms with Gasteiger partial charge in [0.2, 0.25) is 0 Å². The monoisotopic (exact) mass is 289 g/mol. The average molecular weight is 289 g/mol. The zero-order valence-corrected chi connectivity index (χ0v) is 12.3. The molecule has 0 heterocycles. The largest absolute Gasteiger partial charge is 0.481 e. The number of rotatable bonds is 4. The molecule has 5 heteroatoms. The number of hydrogen-bond donors (Lipinski definition) is 2. The van der Waals surface area contributed by atoms with Gasteiger partial charge in [0, 0.05) is 5.56 Å². The third kappa shape index (κ3) is 6.00. The lowest BCUT2D eigenvalue weighted by Gasteiger charge is -2.23. The second-order valence-corrected chi connectivity index (χ2v) is 5.56. The summed E-state index contributed by atoms with van der Waals surface area (Å²) in [6, 6.07) is 6.10. The fourth-order valence-electron chi connectivity index (χ4n) is 1.69. The van der Waals surface area contributed by atoms with E-state index in [-0.39, 0.29) is 6.42 Å². The van der Waals surface area contributed by atoms with Gasteiger partial charge in [-0.3, -0.25) is 4.79 Å². The van der Waals surface area contributed by atoms with E-state index in [0.29, 0.717) is 11.1 Å². The summed E-state index contributed by atoms with van der Waals surface area (Å²) >= 11 is 0. The molecule has 0 bridgehead atoms. The zero-order valence-electron chi connectivity index (χ0n) is 12.3. The SMILES string of the molecule is C#Cc1ccc(C(CC(=O)O)NC(=O)OC(C)(C)C)cc1. The van der Waals surface area contributed by atoms with Gasteiger partial charge in [0.05, 0.1) is 12.5 Å². The van der Waals surface area contributed by atoms with Crippen LogP contribution in [-0.2, 0) is 9.53 Å². The highest BCUT2D eigenvalue weighted by molar-refractivity contribution is 5.72. The second kappa shape index (κ2) is 6.80. The molecule has 1 aromatic carbocycles. The Kier molecular flexibility index (Phi) is 5.37. The molecule has 112 valence electrons. The Hall–Kier alpha value is -2.48. The number of aliphatic carboxylic acids is 1. The van der Waals surface area contributed by atoms with Crippen LogP contribution in [0.4, 0.5) is 4.79 Å². The standard InChI is InChI=1S/C16H19NO4/c1-5-11-6-8-12(9-7-11)13(10-14(18)19)17-15(20)21-16(2,3)4/h1,6-9,13H,10H2,2-4H3,(H,17,20)(H,18,19). The number of terminal acetylenes is 1. The van der Waals surface area contributed by atoms with Gasteiger partial charge in [-0.2, -0.15) is 0 Å². The molecule has 5 nitrogen and oxygen atoms in total. The summed E-state index contributed by atoms with van der Waals surface area (Å²) in [5.74, 6) is 1.46. The highest BCUT2D eigenvalue weighted by Gasteiger charge is 2.22. The van der Waals surface area contributed by atoms with Crippen LogP contribution in [0.1, 0.15) is 44.4 Å². The third-order valence-electron chi connectivity index (χ3n) is 2.55. The molecule has 21 heavy (non-hydrogen) atoms. The van der Waals surface area contributed by atoms with Gasteiger partial charge in [-0.05, 0) is 38.5 Å². The van der Waals surface area contributed by atoms with Crippen molar-refractivity contribution in [3.05, 3.63) is 35.4 Å². The van der Waals surface area contributed by atoms with Gasteiger partial charge in [0.15, 0.2) is 0 Å². The van der Waals surface area contributed by atoms with Gasteiger partial charge in [-0.25, -0.2) is 4.79 Å². The van der Waals surface area contributed by atoms with Crippen LogP contribution in [0.25, 0.3) is 0 Å². The minimum absolute atomic E-state index is 0.241. The predicted octanol–water partition coefficient (Wildman–Crippen LogP) is 2.71. The van der Waals surface area contributed by atoms with E-state index in [2.05, 4.69) is 11.2 Å². The molecule has 1 unspecified atom stereocenters. The molecule has 0 aliphatic rings. The molecule has 1 aromatic rings. The lowest BCUT2D eigenvalue weighted by molar-refractivity contribution is -0.137. The molecular weight excluding hydrogens is 270 g/mol. The number of hydrogen-bond acceptors (Lipinski definition) is 3. The molecule has 0 radical (unpaired) electrons. The Morgan fingerprint density at radius 1 is 1.33 bits per heavy atom. The van der Waals surface area contributed by atoms with Crippen molar-refractivity contribution in [3.8, 4) is 12.3 Å². The van der Waals surface area contributed by atoms with Crippen molar-refractivity contribution in [2.24, 2.45) is 0 Å². The number of nitrogens with one attached hydrogen (secondary N) is 1. The summed E-state index contributed by atoms with van der Waals surface area (Å²) in [6.45, 7) is 5.21. The summed E-state index contributed by atoms with van der Waals surface area (Å²) in [5, 5.41) is 11.5. The smallest absolute Gasteiger partial charge is 0.408 e. The van der Waals surface area contributed by atoms with Crippen LogP contribution >= 0.6 is 0 Å². The molecule has 1 atom stereocenters. The lowest BCUT2D eigenvalue weighted by Crippen LogP contribution is -2.35. The highest BCUT2D eigenvalue weighted by Crippen LogP contribution is 2.18. The third-order valence-corrected chi connectivity index (χ3v) is 2.55. The minimum atomic E-state index is -1.02. The van der Waals surface area contributed by atoms with Gasteiger partial charge in [-0.15, -0.1) is 6.42 Å². The fourth-order valence-corrected chi connectivity index (χ4v) is 1.69. The highest BCUT2D eigenvalue weighted by atomic mass is 16.6. The molecule has 0 aliphatic carbocycles.